The SMILES string of the molecule is CCCCN1CCN(CCCOC(=O)C2c3ccccc3Oc3ccccc32)CC1. The molecular weight excluding hydrogens is 376 g/mol. The number of fused-ring (bicyclic) bond motifs is 2. The summed E-state index contributed by atoms with van der Waals surface area (Å²) in [6.07, 6.45) is 3.41. The van der Waals surface area contributed by atoms with Crippen molar-refractivity contribution in [2.45, 2.75) is 32.1 Å². The van der Waals surface area contributed by atoms with E-state index in [-0.39, 0.29) is 5.97 Å². The molecule has 0 spiro atoms. The fraction of sp³-hybridized carbons (Fsp3) is 0.480. The van der Waals surface area contributed by atoms with Crippen molar-refractivity contribution in [2.24, 2.45) is 0 Å². The second kappa shape index (κ2) is 10.1. The van der Waals surface area contributed by atoms with Gasteiger partial charge in [0.15, 0.2) is 0 Å². The van der Waals surface area contributed by atoms with Crippen LogP contribution in [0.1, 0.15) is 43.2 Å². The van der Waals surface area contributed by atoms with Crippen LogP contribution in [0.4, 0.5) is 0 Å². The molecule has 0 atom stereocenters. The minimum atomic E-state index is -0.423. The van der Waals surface area contributed by atoms with Gasteiger partial charge in [0.1, 0.15) is 17.4 Å². The third kappa shape index (κ3) is 4.85. The summed E-state index contributed by atoms with van der Waals surface area (Å²) < 4.78 is 11.7. The van der Waals surface area contributed by atoms with Gasteiger partial charge in [0.25, 0.3) is 0 Å². The van der Waals surface area contributed by atoms with E-state index in [2.05, 4.69) is 16.7 Å². The first-order valence-electron chi connectivity index (χ1n) is 11.2. The smallest absolute Gasteiger partial charge is 0.318 e. The maximum absolute atomic E-state index is 13.0. The van der Waals surface area contributed by atoms with Crippen molar-refractivity contribution >= 4 is 5.97 Å². The van der Waals surface area contributed by atoms with Gasteiger partial charge in [-0.3, -0.25) is 4.79 Å². The predicted molar refractivity (Wildman–Crippen MR) is 118 cm³/mol. The molecule has 0 saturated carbocycles. The number of piperazine rings is 1. The minimum Gasteiger partial charge on any atom is -0.465 e. The third-order valence-corrected chi connectivity index (χ3v) is 6.07. The first kappa shape index (κ1) is 20.9. The topological polar surface area (TPSA) is 42.0 Å². The Balaban J connectivity index is 1.28. The predicted octanol–water partition coefficient (Wildman–Crippen LogP) is 4.28. The van der Waals surface area contributed by atoms with Gasteiger partial charge in [-0.2, -0.15) is 0 Å². The van der Waals surface area contributed by atoms with Gasteiger partial charge < -0.3 is 19.3 Å². The molecule has 4 rings (SSSR count). The van der Waals surface area contributed by atoms with Gasteiger partial charge in [-0.05, 0) is 31.5 Å². The number of esters is 1. The molecule has 1 saturated heterocycles. The molecule has 0 N–H and O–H groups in total. The molecule has 2 aliphatic rings. The zero-order chi connectivity index (χ0) is 20.8. The van der Waals surface area contributed by atoms with Crippen LogP contribution in [0.3, 0.4) is 0 Å². The number of benzene rings is 2. The van der Waals surface area contributed by atoms with E-state index in [9.17, 15) is 4.79 Å². The number of carbonyl (C=O) groups excluding carboxylic acids is 1. The number of hydrogen-bond acceptors (Lipinski definition) is 5. The van der Waals surface area contributed by atoms with Gasteiger partial charge >= 0.3 is 5.97 Å². The number of carbonyl (C=O) groups is 1. The molecule has 0 unspecified atom stereocenters. The Bertz CT molecular complexity index is 800. The van der Waals surface area contributed by atoms with Crippen molar-refractivity contribution in [3.8, 4) is 11.5 Å². The van der Waals surface area contributed by atoms with E-state index in [0.29, 0.717) is 6.61 Å². The molecule has 160 valence electrons. The second-order valence-corrected chi connectivity index (χ2v) is 8.17. The Hall–Kier alpha value is -2.37. The van der Waals surface area contributed by atoms with Gasteiger partial charge in [-0.25, -0.2) is 0 Å². The maximum atomic E-state index is 13.0. The van der Waals surface area contributed by atoms with E-state index in [1.807, 2.05) is 48.5 Å². The van der Waals surface area contributed by atoms with Crippen LogP contribution in [0.15, 0.2) is 48.5 Å². The Morgan fingerprint density at radius 3 is 2.00 bits per heavy atom. The lowest BCUT2D eigenvalue weighted by Gasteiger charge is -2.34. The van der Waals surface area contributed by atoms with Gasteiger partial charge in [0.2, 0.25) is 0 Å². The van der Waals surface area contributed by atoms with Crippen molar-refractivity contribution in [1.82, 2.24) is 9.80 Å². The summed E-state index contributed by atoms with van der Waals surface area (Å²) in [6.45, 7) is 9.42. The minimum absolute atomic E-state index is 0.192. The molecule has 0 aromatic heterocycles. The number of nitrogens with zero attached hydrogens (tertiary/aromatic N) is 2. The highest BCUT2D eigenvalue weighted by Crippen LogP contribution is 2.44. The summed E-state index contributed by atoms with van der Waals surface area (Å²) in [5.41, 5.74) is 1.76. The molecule has 2 heterocycles. The van der Waals surface area contributed by atoms with Crippen LogP contribution < -0.4 is 4.74 Å². The van der Waals surface area contributed by atoms with Crippen LogP contribution in [-0.4, -0.2) is 61.6 Å². The lowest BCUT2D eigenvalue weighted by Crippen LogP contribution is -2.46. The summed E-state index contributed by atoms with van der Waals surface area (Å²) in [4.78, 5) is 18.1. The van der Waals surface area contributed by atoms with Crippen LogP contribution in [0, 0.1) is 0 Å². The molecule has 0 amide bonds. The number of ether oxygens (including phenoxy) is 2. The first-order valence-corrected chi connectivity index (χ1v) is 11.2. The van der Waals surface area contributed by atoms with Gasteiger partial charge in [0, 0.05) is 43.9 Å². The van der Waals surface area contributed by atoms with E-state index < -0.39 is 5.92 Å². The van der Waals surface area contributed by atoms with Crippen LogP contribution in [0.2, 0.25) is 0 Å². The fourth-order valence-corrected chi connectivity index (χ4v) is 4.33. The molecule has 1 fully saturated rings. The molecule has 30 heavy (non-hydrogen) atoms. The van der Waals surface area contributed by atoms with Crippen molar-refractivity contribution < 1.29 is 14.3 Å². The highest BCUT2D eigenvalue weighted by Gasteiger charge is 2.33. The largest absolute Gasteiger partial charge is 0.465 e. The molecule has 0 bridgehead atoms. The summed E-state index contributed by atoms with van der Waals surface area (Å²) in [5, 5.41) is 0. The monoisotopic (exact) mass is 408 g/mol. The Kier molecular flexibility index (Phi) is 7.03. The zero-order valence-corrected chi connectivity index (χ0v) is 17.9. The van der Waals surface area contributed by atoms with Gasteiger partial charge in [0.05, 0.1) is 6.61 Å². The van der Waals surface area contributed by atoms with Crippen molar-refractivity contribution in [2.75, 3.05) is 45.9 Å². The summed E-state index contributed by atoms with van der Waals surface area (Å²) in [5.74, 6) is 0.856. The summed E-state index contributed by atoms with van der Waals surface area (Å²) >= 11 is 0. The molecule has 5 nitrogen and oxygen atoms in total. The molecular formula is C25H32N2O3. The Morgan fingerprint density at radius 2 is 1.43 bits per heavy atom. The lowest BCUT2D eigenvalue weighted by molar-refractivity contribution is -0.144. The summed E-state index contributed by atoms with van der Waals surface area (Å²) in [7, 11) is 0. The molecule has 0 radical (unpaired) electrons. The second-order valence-electron chi connectivity index (χ2n) is 8.17. The summed E-state index contributed by atoms with van der Waals surface area (Å²) in [6, 6.07) is 15.5. The maximum Gasteiger partial charge on any atom is 0.318 e. The van der Waals surface area contributed by atoms with E-state index in [1.165, 1.54) is 19.4 Å². The average molecular weight is 409 g/mol. The van der Waals surface area contributed by atoms with Crippen LogP contribution >= 0.6 is 0 Å². The van der Waals surface area contributed by atoms with E-state index in [1.54, 1.807) is 0 Å². The quantitative estimate of drug-likeness (QED) is 0.482. The highest BCUT2D eigenvalue weighted by atomic mass is 16.5. The van der Waals surface area contributed by atoms with E-state index in [4.69, 9.17) is 9.47 Å². The number of para-hydroxylation sites is 2. The van der Waals surface area contributed by atoms with E-state index in [0.717, 1.165) is 61.8 Å². The van der Waals surface area contributed by atoms with E-state index >= 15 is 0 Å². The Morgan fingerprint density at radius 1 is 0.900 bits per heavy atom. The van der Waals surface area contributed by atoms with Crippen molar-refractivity contribution in [3.05, 3.63) is 59.7 Å². The fourth-order valence-electron chi connectivity index (χ4n) is 4.33. The molecule has 2 aromatic carbocycles. The van der Waals surface area contributed by atoms with Crippen LogP contribution in [0.25, 0.3) is 0 Å². The zero-order valence-electron chi connectivity index (χ0n) is 17.9. The molecule has 2 aliphatic heterocycles. The molecule has 0 aliphatic carbocycles. The lowest BCUT2D eigenvalue weighted by atomic mass is 9.88. The number of unbranched alkanes of at least 4 members (excludes halogenated alkanes) is 1. The normalized spacial score (nSPS) is 17.1. The Labute approximate surface area is 179 Å². The van der Waals surface area contributed by atoms with Crippen LogP contribution in [-0.2, 0) is 9.53 Å². The molecule has 2 aromatic rings. The first-order chi connectivity index (χ1) is 14.8. The van der Waals surface area contributed by atoms with Gasteiger partial charge in [-0.15, -0.1) is 0 Å². The van der Waals surface area contributed by atoms with Crippen LogP contribution in [0.5, 0.6) is 11.5 Å². The standard InChI is InChI=1S/C25H32N2O3/c1-2-3-13-26-15-17-27(18-16-26)14-8-19-29-25(28)24-20-9-4-6-11-22(20)30-23-12-7-5-10-21(23)24/h4-7,9-12,24H,2-3,8,13-19H2,1H3. The van der Waals surface area contributed by atoms with Crippen molar-refractivity contribution in [3.63, 3.8) is 0 Å². The van der Waals surface area contributed by atoms with Crippen molar-refractivity contribution in [1.29, 1.82) is 0 Å². The van der Waals surface area contributed by atoms with Gasteiger partial charge in [-0.1, -0.05) is 49.7 Å². The molecule has 5 heteroatoms. The number of rotatable bonds is 8. The highest BCUT2D eigenvalue weighted by molar-refractivity contribution is 5.85. The average Bonchev–Trinajstić information content (AvgIpc) is 2.79. The third-order valence-electron chi connectivity index (χ3n) is 6.07. The number of hydrogen-bond donors (Lipinski definition) is 0.